The number of hydroxylamine groups is 2. The van der Waals surface area contributed by atoms with E-state index in [1.807, 2.05) is 0 Å². The predicted molar refractivity (Wildman–Crippen MR) is 62.5 cm³/mol. The van der Waals surface area contributed by atoms with Gasteiger partial charge in [0, 0.05) is 0 Å². The van der Waals surface area contributed by atoms with Gasteiger partial charge in [-0.1, -0.05) is 0 Å². The van der Waals surface area contributed by atoms with Gasteiger partial charge in [-0.05, 0) is 0 Å². The topological polar surface area (TPSA) is 80.8 Å². The van der Waals surface area contributed by atoms with Gasteiger partial charge in [0.15, 0.2) is 0 Å². The predicted octanol–water partition coefficient (Wildman–Crippen LogP) is 1.22. The molecule has 0 aromatic carbocycles. The van der Waals surface area contributed by atoms with Gasteiger partial charge in [-0.25, -0.2) is 0 Å². The van der Waals surface area contributed by atoms with Crippen LogP contribution in [0.25, 0.3) is 0 Å². The molecule has 2 amide bonds. The number of rotatable bonds is 6. The summed E-state index contributed by atoms with van der Waals surface area (Å²) in [5.41, 5.74) is -0.0896. The molecule has 0 N–H and O–H groups in total. The average Bonchev–Trinajstić information content (AvgIpc) is 2.66. The Morgan fingerprint density at radius 3 is 2.28 bits per heavy atom. The second-order valence-electron chi connectivity index (χ2n) is 3.78. The summed E-state index contributed by atoms with van der Waals surface area (Å²) in [5.74, 6) is -1.63. The molecule has 7 heteroatoms. The second kappa shape index (κ2) is 7.04. The Kier molecular flexibility index (Phi) is 5.69. The Labute approximate surface area is 106 Å². The Morgan fingerprint density at radius 1 is 1.17 bits per heavy atom. The van der Waals surface area contributed by atoms with Gasteiger partial charge in [-0.15, -0.1) is 0 Å². The van der Waals surface area contributed by atoms with Crippen molar-refractivity contribution in [1.29, 1.82) is 0 Å². The molecule has 18 heavy (non-hydrogen) atoms. The first-order valence-corrected chi connectivity index (χ1v) is 6.51. The van der Waals surface area contributed by atoms with E-state index >= 15 is 0 Å². The Balaban J connectivity index is 2.22. The van der Waals surface area contributed by atoms with Crippen LogP contribution in [0.1, 0.15) is 38.5 Å². The summed E-state index contributed by atoms with van der Waals surface area (Å²) in [6, 6.07) is 0. The Hall–Kier alpha value is -1.51. The third-order valence-electron chi connectivity index (χ3n) is 2.36. The SMILES string of the molecule is C#[P+]C(=O)CCCCC(=O)ON1C(=O)CCC1=O. The van der Waals surface area contributed by atoms with E-state index in [-0.39, 0.29) is 32.8 Å². The number of hydrogen-bond donors (Lipinski definition) is 0. The molecule has 0 aliphatic carbocycles. The molecule has 0 aromatic rings. The van der Waals surface area contributed by atoms with Crippen molar-refractivity contribution >= 4 is 31.3 Å². The van der Waals surface area contributed by atoms with Gasteiger partial charge in [0.25, 0.3) is 0 Å². The Bertz CT molecular complexity index is 410. The van der Waals surface area contributed by atoms with Crippen LogP contribution in [0.4, 0.5) is 0 Å². The number of imide groups is 1. The maximum atomic E-state index is 11.3. The van der Waals surface area contributed by atoms with Crippen molar-refractivity contribution in [2.24, 2.45) is 0 Å². The first-order chi connectivity index (χ1) is 8.54. The van der Waals surface area contributed by atoms with Crippen LogP contribution in [0.5, 0.6) is 0 Å². The number of nitrogens with zero attached hydrogens (tertiary/aromatic N) is 1. The van der Waals surface area contributed by atoms with Crippen molar-refractivity contribution in [3.8, 4) is 6.13 Å². The molecule has 0 spiro atoms. The average molecular weight is 270 g/mol. The van der Waals surface area contributed by atoms with Gasteiger partial charge in [0.05, 0.1) is 0 Å². The van der Waals surface area contributed by atoms with Gasteiger partial charge in [-0.2, -0.15) is 0 Å². The minimum absolute atomic E-state index is 0.0613. The zero-order valence-electron chi connectivity index (χ0n) is 9.76. The third-order valence-corrected chi connectivity index (χ3v) is 2.88. The molecule has 1 aliphatic heterocycles. The number of carbonyl (C=O) groups excluding carboxylic acids is 4. The molecule has 1 fully saturated rings. The summed E-state index contributed by atoms with van der Waals surface area (Å²) in [4.78, 5) is 49.1. The molecule has 0 aromatic heterocycles. The van der Waals surface area contributed by atoms with Gasteiger partial charge in [-0.3, -0.25) is 0 Å². The fourth-order valence-electron chi connectivity index (χ4n) is 1.42. The zero-order chi connectivity index (χ0) is 13.5. The summed E-state index contributed by atoms with van der Waals surface area (Å²) in [6.45, 7) is 0. The zero-order valence-corrected chi connectivity index (χ0v) is 10.7. The van der Waals surface area contributed by atoms with E-state index in [0.717, 1.165) is 0 Å². The fraction of sp³-hybridized carbons (Fsp3) is 0.545. The van der Waals surface area contributed by atoms with Crippen molar-refractivity contribution in [2.75, 3.05) is 0 Å². The summed E-state index contributed by atoms with van der Waals surface area (Å²) in [6.07, 6.45) is 6.62. The van der Waals surface area contributed by atoms with Crippen LogP contribution in [0.3, 0.4) is 0 Å². The van der Waals surface area contributed by atoms with E-state index in [2.05, 4.69) is 4.84 Å². The van der Waals surface area contributed by atoms with Crippen LogP contribution < -0.4 is 0 Å². The van der Waals surface area contributed by atoms with E-state index in [1.165, 1.54) is 0 Å². The molecule has 1 aliphatic rings. The standard InChI is InChI=1S/C11H13NO5P/c1-18-11(16)5-3-2-4-10(15)17-12-8(13)6-7-9(12)14/h1H,2-7H2/q+1. The first-order valence-electron chi connectivity index (χ1n) is 5.55. The van der Waals surface area contributed by atoms with Gasteiger partial charge in [0.2, 0.25) is 0 Å². The van der Waals surface area contributed by atoms with Crippen molar-refractivity contribution in [1.82, 2.24) is 5.06 Å². The molecule has 0 radical (unpaired) electrons. The summed E-state index contributed by atoms with van der Waals surface area (Å²) >= 11 is 0. The second-order valence-corrected chi connectivity index (χ2v) is 4.53. The summed E-state index contributed by atoms with van der Waals surface area (Å²) in [5, 5.41) is 0.520. The van der Waals surface area contributed by atoms with Gasteiger partial charge < -0.3 is 0 Å². The third kappa shape index (κ3) is 4.40. The monoisotopic (exact) mass is 270 g/mol. The van der Waals surface area contributed by atoms with E-state index in [0.29, 0.717) is 24.3 Å². The molecule has 0 saturated carbocycles. The molecule has 6 nitrogen and oxygen atoms in total. The number of hydrogen-bond acceptors (Lipinski definition) is 5. The molecule has 0 unspecified atom stereocenters. The minimum atomic E-state index is -0.642. The molecule has 1 saturated heterocycles. The van der Waals surface area contributed by atoms with E-state index < -0.39 is 17.8 Å². The summed E-state index contributed by atoms with van der Waals surface area (Å²) in [7, 11) is 0.220. The number of amides is 2. The van der Waals surface area contributed by atoms with Gasteiger partial charge in [0.1, 0.15) is 0 Å². The normalized spacial score (nSPS) is 14.7. The Morgan fingerprint density at radius 2 is 1.72 bits per heavy atom. The summed E-state index contributed by atoms with van der Waals surface area (Å²) < 4.78 is 0. The molecule has 0 bridgehead atoms. The van der Waals surface area contributed by atoms with Crippen LogP contribution in [0, 0.1) is 6.13 Å². The van der Waals surface area contributed by atoms with Crippen LogP contribution in [-0.4, -0.2) is 28.4 Å². The fourth-order valence-corrected chi connectivity index (χ4v) is 1.70. The molecule has 96 valence electrons. The molecule has 1 rings (SSSR count). The molecular weight excluding hydrogens is 257 g/mol. The molecular formula is C11H13NO5P+. The first kappa shape index (κ1) is 14.6. The van der Waals surface area contributed by atoms with Crippen molar-refractivity contribution < 1.29 is 24.0 Å². The van der Waals surface area contributed by atoms with Crippen LogP contribution in [-0.2, 0) is 24.0 Å². The molecule has 0 atom stereocenters. The van der Waals surface area contributed by atoms with E-state index in [4.69, 9.17) is 6.13 Å². The number of unbranched alkanes of at least 4 members (excludes halogenated alkanes) is 1. The molecule has 1 heterocycles. The van der Waals surface area contributed by atoms with Crippen LogP contribution in [0.15, 0.2) is 0 Å². The van der Waals surface area contributed by atoms with Crippen molar-refractivity contribution in [3.63, 3.8) is 0 Å². The van der Waals surface area contributed by atoms with Crippen LogP contribution in [0.2, 0.25) is 0 Å². The van der Waals surface area contributed by atoms with Crippen LogP contribution >= 0.6 is 8.04 Å². The van der Waals surface area contributed by atoms with Gasteiger partial charge >= 0.3 is 105 Å². The van der Waals surface area contributed by atoms with E-state index in [9.17, 15) is 19.2 Å². The quantitative estimate of drug-likeness (QED) is 0.412. The van der Waals surface area contributed by atoms with Crippen molar-refractivity contribution in [3.05, 3.63) is 0 Å². The number of carbonyl (C=O) groups is 4. The van der Waals surface area contributed by atoms with Crippen molar-refractivity contribution in [2.45, 2.75) is 38.5 Å². The maximum absolute atomic E-state index is 11.3. The van der Waals surface area contributed by atoms with E-state index in [1.54, 1.807) is 0 Å².